The molecule has 0 amide bonds. The van der Waals surface area contributed by atoms with Crippen molar-refractivity contribution in [2.45, 2.75) is 38.0 Å². The molecule has 0 fully saturated rings. The molecular formula is C18H23ClO2. The van der Waals surface area contributed by atoms with E-state index in [4.69, 9.17) is 21.1 Å². The van der Waals surface area contributed by atoms with Crippen molar-refractivity contribution in [1.82, 2.24) is 0 Å². The van der Waals surface area contributed by atoms with E-state index < -0.39 is 0 Å². The molecule has 0 aliphatic heterocycles. The van der Waals surface area contributed by atoms with Gasteiger partial charge in [-0.3, -0.25) is 0 Å². The van der Waals surface area contributed by atoms with E-state index in [9.17, 15) is 0 Å². The van der Waals surface area contributed by atoms with Crippen LogP contribution >= 0.6 is 11.6 Å². The summed E-state index contributed by atoms with van der Waals surface area (Å²) in [5.41, 5.74) is 0. The molecule has 2 nitrogen and oxygen atoms in total. The average Bonchev–Trinajstić information content (AvgIpc) is 2.54. The first-order valence-electron chi connectivity index (χ1n) is 7.59. The normalized spacial score (nSPS) is 12.3. The van der Waals surface area contributed by atoms with E-state index in [0.29, 0.717) is 5.38 Å². The first kappa shape index (κ1) is 16.0. The van der Waals surface area contributed by atoms with Crippen LogP contribution in [0, 0.1) is 0 Å². The molecule has 1 unspecified atom stereocenters. The predicted molar refractivity (Wildman–Crippen MR) is 89.8 cm³/mol. The summed E-state index contributed by atoms with van der Waals surface area (Å²) in [6.45, 7) is 2.85. The lowest BCUT2D eigenvalue weighted by Gasteiger charge is -2.12. The summed E-state index contributed by atoms with van der Waals surface area (Å²) < 4.78 is 11.3. The van der Waals surface area contributed by atoms with Crippen LogP contribution < -0.4 is 9.47 Å². The van der Waals surface area contributed by atoms with E-state index in [2.05, 4.69) is 19.1 Å². The van der Waals surface area contributed by atoms with Crippen LogP contribution in [-0.4, -0.2) is 19.1 Å². The largest absolute Gasteiger partial charge is 0.496 e. The average molecular weight is 307 g/mol. The number of halogens is 1. The number of rotatable bonds is 8. The summed E-state index contributed by atoms with van der Waals surface area (Å²) in [6, 6.07) is 12.1. The van der Waals surface area contributed by atoms with E-state index in [-0.39, 0.29) is 0 Å². The fourth-order valence-corrected chi connectivity index (χ4v) is 2.56. The molecule has 0 spiro atoms. The highest BCUT2D eigenvalue weighted by Gasteiger charge is 2.07. The second-order valence-electron chi connectivity index (χ2n) is 5.16. The van der Waals surface area contributed by atoms with Gasteiger partial charge in [-0.05, 0) is 37.8 Å². The minimum Gasteiger partial charge on any atom is -0.496 e. The number of methoxy groups -OCH3 is 1. The third kappa shape index (κ3) is 4.28. The van der Waals surface area contributed by atoms with Gasteiger partial charge < -0.3 is 9.47 Å². The molecule has 1 atom stereocenters. The molecule has 0 bridgehead atoms. The summed E-state index contributed by atoms with van der Waals surface area (Å²) in [5.74, 6) is 1.80. The second-order valence-corrected chi connectivity index (χ2v) is 5.78. The van der Waals surface area contributed by atoms with Gasteiger partial charge in [0.15, 0.2) is 0 Å². The minimum absolute atomic E-state index is 0.298. The Balaban J connectivity index is 1.96. The van der Waals surface area contributed by atoms with Crippen molar-refractivity contribution in [3.05, 3.63) is 36.4 Å². The van der Waals surface area contributed by atoms with Gasteiger partial charge in [0.1, 0.15) is 11.5 Å². The van der Waals surface area contributed by atoms with Gasteiger partial charge in [0.05, 0.1) is 13.7 Å². The molecule has 3 heteroatoms. The Labute approximate surface area is 132 Å². The number of ether oxygens (including phenoxy) is 2. The molecule has 0 radical (unpaired) electrons. The predicted octanol–water partition coefficient (Wildman–Crippen LogP) is 5.41. The molecule has 0 N–H and O–H groups in total. The van der Waals surface area contributed by atoms with Gasteiger partial charge in [-0.25, -0.2) is 0 Å². The van der Waals surface area contributed by atoms with Gasteiger partial charge in [-0.2, -0.15) is 0 Å². The van der Waals surface area contributed by atoms with Crippen molar-refractivity contribution in [3.8, 4) is 11.5 Å². The standard InChI is InChI=1S/C18H23ClO2/c1-3-14(19)8-6-7-13-21-18-12-11-17(20-2)15-9-4-5-10-16(15)18/h4-5,9-12,14H,3,6-8,13H2,1-2H3. The molecule has 0 aromatic heterocycles. The molecule has 2 rings (SSSR count). The highest BCUT2D eigenvalue weighted by molar-refractivity contribution is 6.20. The summed E-state index contributed by atoms with van der Waals surface area (Å²) in [7, 11) is 1.69. The number of alkyl halides is 1. The molecule has 0 heterocycles. The first-order valence-corrected chi connectivity index (χ1v) is 8.02. The summed E-state index contributed by atoms with van der Waals surface area (Å²) in [4.78, 5) is 0. The Morgan fingerprint density at radius 2 is 1.67 bits per heavy atom. The minimum atomic E-state index is 0.298. The van der Waals surface area contributed by atoms with Gasteiger partial charge in [-0.15, -0.1) is 11.6 Å². The Morgan fingerprint density at radius 3 is 2.33 bits per heavy atom. The van der Waals surface area contributed by atoms with Crippen LogP contribution in [0.4, 0.5) is 0 Å². The number of hydrogen-bond acceptors (Lipinski definition) is 2. The Morgan fingerprint density at radius 1 is 1.00 bits per heavy atom. The molecule has 0 saturated heterocycles. The Kier molecular flexibility index (Phi) is 6.19. The van der Waals surface area contributed by atoms with Crippen molar-refractivity contribution >= 4 is 22.4 Å². The van der Waals surface area contributed by atoms with E-state index in [1.165, 1.54) is 0 Å². The van der Waals surface area contributed by atoms with Crippen LogP contribution in [-0.2, 0) is 0 Å². The molecule has 0 aliphatic carbocycles. The molecular weight excluding hydrogens is 284 g/mol. The fraction of sp³-hybridized carbons (Fsp3) is 0.444. The SMILES string of the molecule is CCC(Cl)CCCCOc1ccc(OC)c2ccccc12. The van der Waals surface area contributed by atoms with Gasteiger partial charge in [0.2, 0.25) is 0 Å². The van der Waals surface area contributed by atoms with Gasteiger partial charge in [0, 0.05) is 16.1 Å². The maximum atomic E-state index is 6.12. The van der Waals surface area contributed by atoms with Gasteiger partial charge >= 0.3 is 0 Å². The highest BCUT2D eigenvalue weighted by Crippen LogP contribution is 2.32. The third-order valence-corrected chi connectivity index (χ3v) is 4.20. The van der Waals surface area contributed by atoms with Crippen LogP contribution in [0.15, 0.2) is 36.4 Å². The highest BCUT2D eigenvalue weighted by atomic mass is 35.5. The van der Waals surface area contributed by atoms with Gasteiger partial charge in [-0.1, -0.05) is 31.2 Å². The second kappa shape index (κ2) is 8.14. The monoisotopic (exact) mass is 306 g/mol. The number of benzene rings is 2. The van der Waals surface area contributed by atoms with Crippen LogP contribution in [0.25, 0.3) is 10.8 Å². The van der Waals surface area contributed by atoms with E-state index in [1.54, 1.807) is 7.11 Å². The van der Waals surface area contributed by atoms with Crippen LogP contribution in [0.3, 0.4) is 0 Å². The first-order chi connectivity index (χ1) is 10.3. The molecule has 21 heavy (non-hydrogen) atoms. The van der Waals surface area contributed by atoms with Crippen LogP contribution in [0.1, 0.15) is 32.6 Å². The van der Waals surface area contributed by atoms with E-state index in [1.807, 2.05) is 24.3 Å². The van der Waals surface area contributed by atoms with Crippen molar-refractivity contribution in [1.29, 1.82) is 0 Å². The van der Waals surface area contributed by atoms with Crippen molar-refractivity contribution in [2.75, 3.05) is 13.7 Å². The van der Waals surface area contributed by atoms with Gasteiger partial charge in [0.25, 0.3) is 0 Å². The maximum absolute atomic E-state index is 6.12. The number of fused-ring (bicyclic) bond motifs is 1. The Bertz CT molecular complexity index is 568. The molecule has 2 aromatic carbocycles. The molecule has 0 saturated carbocycles. The smallest absolute Gasteiger partial charge is 0.127 e. The fourth-order valence-electron chi connectivity index (χ4n) is 2.40. The lowest BCUT2D eigenvalue weighted by Crippen LogP contribution is -2.01. The lowest BCUT2D eigenvalue weighted by atomic mass is 10.1. The zero-order valence-electron chi connectivity index (χ0n) is 12.8. The lowest BCUT2D eigenvalue weighted by molar-refractivity contribution is 0.308. The number of hydrogen-bond donors (Lipinski definition) is 0. The van der Waals surface area contributed by atoms with Crippen molar-refractivity contribution < 1.29 is 9.47 Å². The summed E-state index contributed by atoms with van der Waals surface area (Å²) >= 11 is 6.12. The van der Waals surface area contributed by atoms with E-state index in [0.717, 1.165) is 54.6 Å². The zero-order valence-corrected chi connectivity index (χ0v) is 13.5. The summed E-state index contributed by atoms with van der Waals surface area (Å²) in [5, 5.41) is 2.48. The van der Waals surface area contributed by atoms with E-state index >= 15 is 0 Å². The maximum Gasteiger partial charge on any atom is 0.127 e. The molecule has 2 aromatic rings. The molecule has 0 aliphatic rings. The zero-order chi connectivity index (χ0) is 15.1. The van der Waals surface area contributed by atoms with Crippen LogP contribution in [0.2, 0.25) is 0 Å². The quantitative estimate of drug-likeness (QED) is 0.479. The third-order valence-electron chi connectivity index (χ3n) is 3.68. The number of unbranched alkanes of at least 4 members (excludes halogenated alkanes) is 1. The Hall–Kier alpha value is -1.41. The van der Waals surface area contributed by atoms with Crippen LogP contribution in [0.5, 0.6) is 11.5 Å². The topological polar surface area (TPSA) is 18.5 Å². The summed E-state index contributed by atoms with van der Waals surface area (Å²) in [6.07, 6.45) is 4.23. The van der Waals surface area contributed by atoms with Crippen molar-refractivity contribution in [2.24, 2.45) is 0 Å². The van der Waals surface area contributed by atoms with Crippen molar-refractivity contribution in [3.63, 3.8) is 0 Å². The molecule has 114 valence electrons.